The number of carboxylic acids is 3. The molecular formula is C24H21CeO6. The third kappa shape index (κ3) is 11.4. The molecule has 1 radical (unpaired) electrons. The van der Waals surface area contributed by atoms with Gasteiger partial charge in [-0.15, -0.1) is 0 Å². The average Bonchev–Trinajstić information content (AvgIpc) is 2.70. The Labute approximate surface area is 214 Å². The fourth-order valence-corrected chi connectivity index (χ4v) is 2.07. The molecule has 0 fully saturated rings. The molecule has 0 unspecified atom stereocenters. The van der Waals surface area contributed by atoms with Crippen LogP contribution in [-0.4, -0.2) is 17.9 Å². The number of hydrogen-bond donors (Lipinski definition) is 0. The van der Waals surface area contributed by atoms with Crippen molar-refractivity contribution in [3.05, 3.63) is 106 Å². The molecule has 0 amide bonds. The van der Waals surface area contributed by atoms with Crippen LogP contribution in [-0.2, 0) is 0 Å². The van der Waals surface area contributed by atoms with Crippen LogP contribution in [0.1, 0.15) is 47.8 Å². The van der Waals surface area contributed by atoms with Crippen molar-refractivity contribution in [2.45, 2.75) is 20.8 Å². The summed E-state index contributed by atoms with van der Waals surface area (Å²) in [5.41, 5.74) is 3.82. The van der Waals surface area contributed by atoms with Gasteiger partial charge in [0, 0.05) is 0 Å². The zero-order valence-corrected chi connectivity index (χ0v) is 20.5. The van der Waals surface area contributed by atoms with Gasteiger partial charge in [0.25, 0.3) is 0 Å². The first kappa shape index (κ1) is 28.4. The summed E-state index contributed by atoms with van der Waals surface area (Å²) in [6.45, 7) is 5.71. The Hall–Kier alpha value is -2.55. The van der Waals surface area contributed by atoms with Gasteiger partial charge in [-0.25, -0.2) is 0 Å². The number of carbonyl (C=O) groups excluding carboxylic acids is 3. The summed E-state index contributed by atoms with van der Waals surface area (Å²) in [5.74, 6) is -3.37. The van der Waals surface area contributed by atoms with Gasteiger partial charge >= 0.3 is 41.7 Å². The number of aryl methyl sites for hydroxylation is 3. The molecule has 0 heterocycles. The van der Waals surface area contributed by atoms with E-state index >= 15 is 0 Å². The number of carbonyl (C=O) groups is 3. The number of carboxylic acid groups (broad SMARTS) is 3. The molecule has 0 atom stereocenters. The maximum Gasteiger partial charge on any atom is 3.00 e. The molecule has 3 rings (SSSR count). The predicted molar refractivity (Wildman–Crippen MR) is 107 cm³/mol. The molecule has 0 N–H and O–H groups in total. The normalized spacial score (nSPS) is 9.00. The number of aromatic carboxylic acids is 3. The van der Waals surface area contributed by atoms with Crippen molar-refractivity contribution in [2.75, 3.05) is 0 Å². The second kappa shape index (κ2) is 14.5. The number of rotatable bonds is 3. The van der Waals surface area contributed by atoms with Gasteiger partial charge in [0.05, 0.1) is 17.9 Å². The Morgan fingerprint density at radius 3 is 0.742 bits per heavy atom. The molecule has 0 saturated heterocycles. The molecule has 0 spiro atoms. The Morgan fingerprint density at radius 2 is 0.613 bits per heavy atom. The number of benzene rings is 3. The van der Waals surface area contributed by atoms with Gasteiger partial charge in [0.1, 0.15) is 0 Å². The second-order valence-corrected chi connectivity index (χ2v) is 6.46. The van der Waals surface area contributed by atoms with Gasteiger partial charge in [0.15, 0.2) is 0 Å². The summed E-state index contributed by atoms with van der Waals surface area (Å²) in [7, 11) is 0. The Balaban J connectivity index is 0.000000429. The van der Waals surface area contributed by atoms with Crippen LogP contribution in [0.15, 0.2) is 72.8 Å². The minimum absolute atomic E-state index is 0. The summed E-state index contributed by atoms with van der Waals surface area (Å²) in [4.78, 5) is 30.6. The molecule has 0 bridgehead atoms. The van der Waals surface area contributed by atoms with Gasteiger partial charge < -0.3 is 29.7 Å². The van der Waals surface area contributed by atoms with Crippen molar-refractivity contribution in [3.63, 3.8) is 0 Å². The van der Waals surface area contributed by atoms with Crippen molar-refractivity contribution in [1.82, 2.24) is 0 Å². The summed E-state index contributed by atoms with van der Waals surface area (Å²) >= 11 is 0. The van der Waals surface area contributed by atoms with E-state index in [1.165, 1.54) is 36.4 Å². The first-order chi connectivity index (χ1) is 14.1. The molecule has 3 aromatic carbocycles. The van der Waals surface area contributed by atoms with E-state index in [4.69, 9.17) is 0 Å². The van der Waals surface area contributed by atoms with Gasteiger partial charge in [-0.05, 0) is 37.5 Å². The SMILES string of the molecule is Cc1ccc(C(=O)[O-])cc1.Cc1ccc(C(=O)[O-])cc1.Cc1ccc(C(=O)[O-])cc1.[Ce+3]. The Morgan fingerprint density at radius 1 is 0.452 bits per heavy atom. The molecule has 7 heteroatoms. The first-order valence-electron chi connectivity index (χ1n) is 8.94. The van der Waals surface area contributed by atoms with E-state index in [2.05, 4.69) is 0 Å². The molecule has 3 aromatic rings. The van der Waals surface area contributed by atoms with Gasteiger partial charge in [-0.2, -0.15) is 0 Å². The molecule has 0 saturated carbocycles. The third-order valence-electron chi connectivity index (χ3n) is 3.86. The van der Waals surface area contributed by atoms with Crippen molar-refractivity contribution in [1.29, 1.82) is 0 Å². The van der Waals surface area contributed by atoms with Gasteiger partial charge in [-0.1, -0.05) is 89.5 Å². The molecule has 0 aromatic heterocycles. The summed E-state index contributed by atoms with van der Waals surface area (Å²) in [6, 6.07) is 19.6. The van der Waals surface area contributed by atoms with E-state index in [1.807, 2.05) is 20.8 Å². The molecule has 0 aliphatic heterocycles. The van der Waals surface area contributed by atoms with Gasteiger partial charge in [0.2, 0.25) is 0 Å². The Bertz CT molecular complexity index is 846. The molecular weight excluding hydrogens is 524 g/mol. The van der Waals surface area contributed by atoms with E-state index in [0.717, 1.165) is 16.7 Å². The summed E-state index contributed by atoms with van der Waals surface area (Å²) < 4.78 is 0. The minimum Gasteiger partial charge on any atom is -0.545 e. The smallest absolute Gasteiger partial charge is 0.545 e. The molecule has 157 valence electrons. The monoisotopic (exact) mass is 545 g/mol. The van der Waals surface area contributed by atoms with Crippen molar-refractivity contribution >= 4 is 17.9 Å². The maximum atomic E-state index is 10.2. The van der Waals surface area contributed by atoms with E-state index < -0.39 is 17.9 Å². The quantitative estimate of drug-likeness (QED) is 0.486. The summed E-state index contributed by atoms with van der Waals surface area (Å²) in [6.07, 6.45) is 0. The van der Waals surface area contributed by atoms with Crippen LogP contribution in [0.2, 0.25) is 0 Å². The van der Waals surface area contributed by atoms with Crippen LogP contribution in [0.3, 0.4) is 0 Å². The second-order valence-electron chi connectivity index (χ2n) is 6.46. The van der Waals surface area contributed by atoms with Gasteiger partial charge in [-0.3, -0.25) is 0 Å². The fraction of sp³-hybridized carbons (Fsp3) is 0.125. The largest absolute Gasteiger partial charge is 3.00 e. The predicted octanol–water partition coefficient (Wildman–Crippen LogP) is 1.08. The molecule has 31 heavy (non-hydrogen) atoms. The van der Waals surface area contributed by atoms with Crippen molar-refractivity contribution < 1.29 is 71.5 Å². The van der Waals surface area contributed by atoms with Crippen LogP contribution in [0.5, 0.6) is 0 Å². The minimum atomic E-state index is -1.12. The zero-order chi connectivity index (χ0) is 22.7. The van der Waals surface area contributed by atoms with E-state index in [-0.39, 0.29) is 58.4 Å². The molecule has 0 aliphatic rings. The van der Waals surface area contributed by atoms with Crippen molar-refractivity contribution in [2.24, 2.45) is 0 Å². The standard InChI is InChI=1S/3C8H8O2.Ce/c3*1-6-2-4-7(5-3-6)8(9)10;/h3*2-5H,1H3,(H,9,10);/q;;;+3/p-3. The van der Waals surface area contributed by atoms with Crippen LogP contribution in [0.25, 0.3) is 0 Å². The first-order valence-corrected chi connectivity index (χ1v) is 8.94. The Kier molecular flexibility index (Phi) is 13.3. The number of hydrogen-bond acceptors (Lipinski definition) is 6. The third-order valence-corrected chi connectivity index (χ3v) is 3.86. The van der Waals surface area contributed by atoms with Crippen LogP contribution in [0, 0.1) is 62.5 Å². The summed E-state index contributed by atoms with van der Waals surface area (Å²) in [5, 5.41) is 30.6. The zero-order valence-electron chi connectivity index (χ0n) is 17.4. The average molecular weight is 546 g/mol. The van der Waals surface area contributed by atoms with Crippen molar-refractivity contribution in [3.8, 4) is 0 Å². The van der Waals surface area contributed by atoms with Crippen LogP contribution < -0.4 is 15.3 Å². The van der Waals surface area contributed by atoms with E-state index in [0.29, 0.717) is 0 Å². The molecule has 6 nitrogen and oxygen atoms in total. The van der Waals surface area contributed by atoms with E-state index in [9.17, 15) is 29.7 Å². The maximum absolute atomic E-state index is 10.2. The van der Waals surface area contributed by atoms with E-state index in [1.54, 1.807) is 36.4 Å². The fourth-order valence-electron chi connectivity index (χ4n) is 2.07. The van der Waals surface area contributed by atoms with Crippen LogP contribution >= 0.6 is 0 Å². The topological polar surface area (TPSA) is 120 Å². The molecule has 0 aliphatic carbocycles. The van der Waals surface area contributed by atoms with Crippen LogP contribution in [0.4, 0.5) is 0 Å².